The number of piperidine rings is 1. The summed E-state index contributed by atoms with van der Waals surface area (Å²) in [5.41, 5.74) is 2.33. The molecule has 0 radical (unpaired) electrons. The van der Waals surface area contributed by atoms with Crippen LogP contribution in [0.25, 0.3) is 16.8 Å². The number of hydrogen-bond donors (Lipinski definition) is 4. The molecule has 12 heteroatoms. The Balaban J connectivity index is 1.19. The lowest BCUT2D eigenvalue weighted by Gasteiger charge is -2.39. The van der Waals surface area contributed by atoms with Gasteiger partial charge in [0.05, 0.1) is 19.3 Å². The Morgan fingerprint density at radius 1 is 1.12 bits per heavy atom. The molecule has 1 amide bonds. The average Bonchev–Trinajstić information content (AvgIpc) is 3.46. The Morgan fingerprint density at radius 3 is 2.63 bits per heavy atom. The maximum absolute atomic E-state index is 12.8. The second-order valence-corrected chi connectivity index (χ2v) is 10.4. The molecule has 5 atom stereocenters. The van der Waals surface area contributed by atoms with Crippen molar-refractivity contribution in [2.75, 3.05) is 25.1 Å². The van der Waals surface area contributed by atoms with Gasteiger partial charge in [-0.2, -0.15) is 5.26 Å². The van der Waals surface area contributed by atoms with Crippen LogP contribution in [0, 0.1) is 11.3 Å². The summed E-state index contributed by atoms with van der Waals surface area (Å²) < 4.78 is 11.9. The second kappa shape index (κ2) is 12.8. The lowest BCUT2D eigenvalue weighted by atomic mass is 9.99. The molecule has 2 aliphatic rings. The number of nitrogens with zero attached hydrogens (tertiary/aromatic N) is 5. The van der Waals surface area contributed by atoms with Gasteiger partial charge in [-0.05, 0) is 59.9 Å². The Bertz CT molecular complexity index is 1440. The van der Waals surface area contributed by atoms with Crippen LogP contribution in [-0.4, -0.2) is 87.1 Å². The molecule has 1 aromatic heterocycles. The summed E-state index contributed by atoms with van der Waals surface area (Å²) in [4.78, 5) is 15.2. The third-order valence-electron chi connectivity index (χ3n) is 7.53. The number of ether oxygens (including phenoxy) is 2. The number of fused-ring (bicyclic) bond motifs is 1. The molecule has 0 spiro atoms. The number of benzene rings is 2. The number of carbonyl (C=O) groups excluding carboxylic acids is 1. The monoisotopic (exact) mass is 562 g/mol. The molecule has 41 heavy (non-hydrogen) atoms. The van der Waals surface area contributed by atoms with Crippen LogP contribution in [-0.2, 0) is 27.4 Å². The van der Waals surface area contributed by atoms with Crippen molar-refractivity contribution in [1.82, 2.24) is 20.3 Å². The molecule has 2 aromatic carbocycles. The fourth-order valence-electron chi connectivity index (χ4n) is 5.23. The Morgan fingerprint density at radius 2 is 1.88 bits per heavy atom. The predicted octanol–water partition coefficient (Wildman–Crippen LogP) is 1.10. The lowest BCUT2D eigenvalue weighted by Crippen LogP contribution is -2.58. The van der Waals surface area contributed by atoms with E-state index in [-0.39, 0.29) is 18.7 Å². The van der Waals surface area contributed by atoms with Gasteiger partial charge in [0.2, 0.25) is 0 Å². The summed E-state index contributed by atoms with van der Waals surface area (Å²) in [7, 11) is 1.32. The molecule has 3 heterocycles. The quantitative estimate of drug-likeness (QED) is 0.231. The fraction of sp³-hybridized carbons (Fsp3) is 0.448. The zero-order chi connectivity index (χ0) is 28.9. The third-order valence-corrected chi connectivity index (χ3v) is 7.53. The topological polar surface area (TPSA) is 166 Å². The van der Waals surface area contributed by atoms with Gasteiger partial charge in [-0.3, -0.25) is 4.79 Å². The van der Waals surface area contributed by atoms with Gasteiger partial charge < -0.3 is 35.0 Å². The second-order valence-electron chi connectivity index (χ2n) is 10.4. The number of aliphatic hydroxyl groups excluding tert-OH is 3. The van der Waals surface area contributed by atoms with E-state index in [0.29, 0.717) is 5.69 Å². The minimum Gasteiger partial charge on any atom is -0.388 e. The van der Waals surface area contributed by atoms with Gasteiger partial charge in [-0.25, -0.2) is 4.68 Å². The summed E-state index contributed by atoms with van der Waals surface area (Å²) in [6.07, 6.45) is 0.604. The number of hydrogen-bond acceptors (Lipinski definition) is 10. The molecule has 2 aliphatic heterocycles. The summed E-state index contributed by atoms with van der Waals surface area (Å²) in [6.45, 7) is 2.19. The summed E-state index contributed by atoms with van der Waals surface area (Å²) in [6, 6.07) is 14.2. The van der Waals surface area contributed by atoms with E-state index in [0.717, 1.165) is 29.4 Å². The van der Waals surface area contributed by atoms with Gasteiger partial charge in [0.15, 0.2) is 6.29 Å². The molecule has 0 saturated carbocycles. The van der Waals surface area contributed by atoms with E-state index in [1.54, 1.807) is 12.3 Å². The van der Waals surface area contributed by atoms with Crippen molar-refractivity contribution in [2.45, 2.75) is 63.1 Å². The minimum atomic E-state index is -1.45. The standard InChI is InChI=1S/C29H34N6O6/c1-40-29-27(38)26(37)25(36)24(41-29)17-35-16-22(32-33-35)15-31-28(39)21(14-30)12-18-5-6-20-13-23(8-7-19(20)11-18)34-9-3-2-4-10-34/h5-8,11-13,16,24-27,29,36-38H,2-4,9-10,15,17H2,1H3,(H,31,39)/b21-12-. The molecule has 216 valence electrons. The van der Waals surface area contributed by atoms with Crippen LogP contribution in [0.15, 0.2) is 48.2 Å². The highest BCUT2D eigenvalue weighted by atomic mass is 16.7. The molecular formula is C29H34N6O6. The SMILES string of the molecule is COC1OC(Cn2cc(CNC(=O)/C(C#N)=C\c3ccc4cc(N5CCCCC5)ccc4c3)nn2)C(O)C(O)C1O. The van der Waals surface area contributed by atoms with Gasteiger partial charge in [-0.1, -0.05) is 23.4 Å². The first kappa shape index (κ1) is 28.7. The number of rotatable bonds is 8. The number of anilines is 1. The molecule has 5 rings (SSSR count). The number of carbonyl (C=O) groups is 1. The molecular weight excluding hydrogens is 528 g/mol. The Labute approximate surface area is 237 Å². The van der Waals surface area contributed by atoms with Crippen LogP contribution in [0.4, 0.5) is 5.69 Å². The number of amides is 1. The van der Waals surface area contributed by atoms with E-state index in [4.69, 9.17) is 9.47 Å². The smallest absolute Gasteiger partial charge is 0.262 e. The van der Waals surface area contributed by atoms with Gasteiger partial charge >= 0.3 is 0 Å². The van der Waals surface area contributed by atoms with Crippen molar-refractivity contribution in [3.63, 3.8) is 0 Å². The van der Waals surface area contributed by atoms with E-state index < -0.39 is 36.6 Å². The first-order valence-corrected chi connectivity index (χ1v) is 13.7. The first-order valence-electron chi connectivity index (χ1n) is 13.7. The molecule has 4 N–H and O–H groups in total. The van der Waals surface area contributed by atoms with Crippen LogP contribution in [0.5, 0.6) is 0 Å². The number of aliphatic hydroxyl groups is 3. The van der Waals surface area contributed by atoms with E-state index >= 15 is 0 Å². The Hall–Kier alpha value is -3.86. The maximum Gasteiger partial charge on any atom is 0.262 e. The molecule has 2 saturated heterocycles. The van der Waals surface area contributed by atoms with Gasteiger partial charge in [-0.15, -0.1) is 5.10 Å². The summed E-state index contributed by atoms with van der Waals surface area (Å²) in [5.74, 6) is -0.548. The number of nitriles is 1. The van der Waals surface area contributed by atoms with Crippen LogP contribution in [0.2, 0.25) is 0 Å². The van der Waals surface area contributed by atoms with E-state index in [1.807, 2.05) is 24.3 Å². The van der Waals surface area contributed by atoms with Crippen molar-refractivity contribution in [2.24, 2.45) is 0 Å². The lowest BCUT2D eigenvalue weighted by molar-refractivity contribution is -0.292. The van der Waals surface area contributed by atoms with Crippen molar-refractivity contribution in [3.05, 3.63) is 59.4 Å². The summed E-state index contributed by atoms with van der Waals surface area (Å²) in [5, 5.41) is 52.6. The third kappa shape index (κ3) is 6.56. The zero-order valence-electron chi connectivity index (χ0n) is 22.8. The normalized spacial score (nSPS) is 25.2. The molecule has 3 aromatic rings. The highest BCUT2D eigenvalue weighted by Gasteiger charge is 2.44. The van der Waals surface area contributed by atoms with Crippen LogP contribution >= 0.6 is 0 Å². The van der Waals surface area contributed by atoms with Gasteiger partial charge in [0.1, 0.15) is 41.8 Å². The van der Waals surface area contributed by atoms with Crippen LogP contribution < -0.4 is 10.2 Å². The van der Waals surface area contributed by atoms with Crippen molar-refractivity contribution in [1.29, 1.82) is 5.26 Å². The van der Waals surface area contributed by atoms with Crippen molar-refractivity contribution >= 4 is 28.4 Å². The first-order chi connectivity index (χ1) is 19.9. The average molecular weight is 563 g/mol. The van der Waals surface area contributed by atoms with E-state index in [2.05, 4.69) is 38.7 Å². The van der Waals surface area contributed by atoms with Crippen LogP contribution in [0.3, 0.4) is 0 Å². The predicted molar refractivity (Wildman–Crippen MR) is 149 cm³/mol. The molecule has 0 bridgehead atoms. The van der Waals surface area contributed by atoms with E-state index in [1.165, 1.54) is 36.7 Å². The number of nitrogens with one attached hydrogen (secondary N) is 1. The van der Waals surface area contributed by atoms with Crippen LogP contribution in [0.1, 0.15) is 30.5 Å². The van der Waals surface area contributed by atoms with Gasteiger partial charge in [0, 0.05) is 25.9 Å². The largest absolute Gasteiger partial charge is 0.388 e. The van der Waals surface area contributed by atoms with E-state index in [9.17, 15) is 25.4 Å². The molecule has 2 fully saturated rings. The fourth-order valence-corrected chi connectivity index (χ4v) is 5.23. The molecule has 5 unspecified atom stereocenters. The molecule has 12 nitrogen and oxygen atoms in total. The maximum atomic E-state index is 12.8. The highest BCUT2D eigenvalue weighted by Crippen LogP contribution is 2.26. The van der Waals surface area contributed by atoms with Crippen molar-refractivity contribution in [3.8, 4) is 6.07 Å². The number of aromatic nitrogens is 3. The van der Waals surface area contributed by atoms with Crippen molar-refractivity contribution < 1.29 is 29.6 Å². The zero-order valence-corrected chi connectivity index (χ0v) is 22.8. The highest BCUT2D eigenvalue weighted by molar-refractivity contribution is 6.02. The minimum absolute atomic E-state index is 0.0188. The molecule has 0 aliphatic carbocycles. The summed E-state index contributed by atoms with van der Waals surface area (Å²) >= 11 is 0. The Kier molecular flexibility index (Phi) is 8.92. The van der Waals surface area contributed by atoms with Gasteiger partial charge in [0.25, 0.3) is 5.91 Å². The number of methoxy groups -OCH3 is 1.